The van der Waals surface area contributed by atoms with Crippen molar-refractivity contribution in [2.45, 2.75) is 13.5 Å². The van der Waals surface area contributed by atoms with E-state index in [-0.39, 0.29) is 0 Å². The predicted octanol–water partition coefficient (Wildman–Crippen LogP) is 4.18. The van der Waals surface area contributed by atoms with Crippen LogP contribution in [0.4, 0.5) is 5.69 Å². The zero-order valence-electron chi connectivity index (χ0n) is 11.5. The topological polar surface area (TPSA) is 37.0 Å². The van der Waals surface area contributed by atoms with E-state index in [1.54, 1.807) is 0 Å². The van der Waals surface area contributed by atoms with Gasteiger partial charge in [-0.05, 0) is 30.7 Å². The molecule has 0 aliphatic rings. The number of H-pyrrole nitrogens is 1. The van der Waals surface area contributed by atoms with Crippen LogP contribution in [0.5, 0.6) is 5.75 Å². The summed E-state index contributed by atoms with van der Waals surface area (Å²) in [6, 6.07) is 16.4. The Morgan fingerprint density at radius 3 is 2.75 bits per heavy atom. The second-order valence-electron chi connectivity index (χ2n) is 4.64. The van der Waals surface area contributed by atoms with E-state index in [4.69, 9.17) is 4.74 Å². The summed E-state index contributed by atoms with van der Waals surface area (Å²) in [5.41, 5.74) is 3.45. The van der Waals surface area contributed by atoms with E-state index in [1.807, 2.05) is 37.3 Å². The van der Waals surface area contributed by atoms with Crippen LogP contribution < -0.4 is 10.1 Å². The van der Waals surface area contributed by atoms with Crippen LogP contribution in [0, 0.1) is 0 Å². The number of para-hydroxylation sites is 3. The molecule has 0 aliphatic carbocycles. The fraction of sp³-hybridized carbons (Fsp3) is 0.176. The summed E-state index contributed by atoms with van der Waals surface area (Å²) in [6.07, 6.45) is 2.06. The lowest BCUT2D eigenvalue weighted by Gasteiger charge is -2.11. The third-order valence-electron chi connectivity index (χ3n) is 3.33. The Labute approximate surface area is 118 Å². The van der Waals surface area contributed by atoms with Gasteiger partial charge < -0.3 is 15.0 Å². The van der Waals surface area contributed by atoms with Gasteiger partial charge in [0.05, 0.1) is 12.3 Å². The minimum Gasteiger partial charge on any atom is -0.492 e. The van der Waals surface area contributed by atoms with Gasteiger partial charge in [0.1, 0.15) is 5.75 Å². The molecule has 0 atom stereocenters. The first-order chi connectivity index (χ1) is 9.88. The van der Waals surface area contributed by atoms with Crippen LogP contribution in [0.1, 0.15) is 12.5 Å². The van der Waals surface area contributed by atoms with Crippen molar-refractivity contribution in [3.8, 4) is 5.75 Å². The first kappa shape index (κ1) is 12.6. The van der Waals surface area contributed by atoms with Gasteiger partial charge in [0, 0.05) is 23.6 Å². The molecule has 0 fully saturated rings. The zero-order chi connectivity index (χ0) is 13.8. The van der Waals surface area contributed by atoms with Crippen LogP contribution in [0.3, 0.4) is 0 Å². The SMILES string of the molecule is CCOc1ccccc1NCc1c[nH]c2ccccc12. The maximum atomic E-state index is 5.62. The number of hydrogen-bond acceptors (Lipinski definition) is 2. The molecule has 0 spiro atoms. The van der Waals surface area contributed by atoms with Gasteiger partial charge in [0.15, 0.2) is 0 Å². The molecule has 0 saturated carbocycles. The van der Waals surface area contributed by atoms with Gasteiger partial charge >= 0.3 is 0 Å². The van der Waals surface area contributed by atoms with Crippen molar-refractivity contribution in [3.63, 3.8) is 0 Å². The van der Waals surface area contributed by atoms with E-state index < -0.39 is 0 Å². The molecular weight excluding hydrogens is 248 g/mol. The summed E-state index contributed by atoms with van der Waals surface area (Å²) in [4.78, 5) is 3.29. The number of hydrogen-bond donors (Lipinski definition) is 2. The fourth-order valence-electron chi connectivity index (χ4n) is 2.36. The molecule has 2 aromatic carbocycles. The summed E-state index contributed by atoms with van der Waals surface area (Å²) in [5, 5.41) is 4.71. The Morgan fingerprint density at radius 2 is 1.85 bits per heavy atom. The van der Waals surface area contributed by atoms with Crippen molar-refractivity contribution in [2.75, 3.05) is 11.9 Å². The smallest absolute Gasteiger partial charge is 0.142 e. The van der Waals surface area contributed by atoms with E-state index in [0.717, 1.165) is 18.0 Å². The zero-order valence-corrected chi connectivity index (χ0v) is 11.5. The first-order valence-corrected chi connectivity index (χ1v) is 6.89. The second-order valence-corrected chi connectivity index (χ2v) is 4.64. The lowest BCUT2D eigenvalue weighted by atomic mass is 10.1. The maximum absolute atomic E-state index is 5.62. The third kappa shape index (κ3) is 2.48. The first-order valence-electron chi connectivity index (χ1n) is 6.89. The van der Waals surface area contributed by atoms with E-state index >= 15 is 0 Å². The van der Waals surface area contributed by atoms with Crippen molar-refractivity contribution in [2.24, 2.45) is 0 Å². The standard InChI is InChI=1S/C17H18N2O/c1-2-20-17-10-6-5-9-16(17)19-12-13-11-18-15-8-4-3-7-14(13)15/h3-11,18-19H,2,12H2,1H3. The molecule has 102 valence electrons. The molecule has 0 bridgehead atoms. The van der Waals surface area contributed by atoms with Gasteiger partial charge in [-0.1, -0.05) is 30.3 Å². The Balaban J connectivity index is 1.80. The Kier molecular flexibility index (Phi) is 3.59. The minimum atomic E-state index is 0.672. The molecule has 1 aromatic heterocycles. The number of aromatic amines is 1. The highest BCUT2D eigenvalue weighted by Gasteiger charge is 2.05. The van der Waals surface area contributed by atoms with Gasteiger partial charge in [-0.25, -0.2) is 0 Å². The highest BCUT2D eigenvalue weighted by atomic mass is 16.5. The number of nitrogens with one attached hydrogen (secondary N) is 2. The molecule has 2 N–H and O–H groups in total. The molecule has 0 radical (unpaired) electrons. The molecule has 3 heteroatoms. The highest BCUT2D eigenvalue weighted by molar-refractivity contribution is 5.83. The Hall–Kier alpha value is -2.42. The van der Waals surface area contributed by atoms with E-state index in [9.17, 15) is 0 Å². The normalized spacial score (nSPS) is 10.7. The Morgan fingerprint density at radius 1 is 1.05 bits per heavy atom. The molecule has 0 aliphatic heterocycles. The van der Waals surface area contributed by atoms with Gasteiger partial charge in [-0.3, -0.25) is 0 Å². The van der Waals surface area contributed by atoms with Crippen LogP contribution in [0.2, 0.25) is 0 Å². The molecule has 0 unspecified atom stereocenters. The Bertz CT molecular complexity index is 703. The summed E-state index contributed by atoms with van der Waals surface area (Å²) >= 11 is 0. The summed E-state index contributed by atoms with van der Waals surface area (Å²) in [5.74, 6) is 0.898. The summed E-state index contributed by atoms with van der Waals surface area (Å²) in [6.45, 7) is 3.44. The average molecular weight is 266 g/mol. The van der Waals surface area contributed by atoms with Crippen molar-refractivity contribution in [1.82, 2.24) is 4.98 Å². The molecule has 0 saturated heterocycles. The summed E-state index contributed by atoms with van der Waals surface area (Å²) < 4.78 is 5.62. The highest BCUT2D eigenvalue weighted by Crippen LogP contribution is 2.25. The lowest BCUT2D eigenvalue weighted by molar-refractivity contribution is 0.341. The molecule has 3 nitrogen and oxygen atoms in total. The third-order valence-corrected chi connectivity index (χ3v) is 3.33. The van der Waals surface area contributed by atoms with Crippen LogP contribution in [-0.4, -0.2) is 11.6 Å². The number of anilines is 1. The van der Waals surface area contributed by atoms with Crippen molar-refractivity contribution in [3.05, 3.63) is 60.3 Å². The lowest BCUT2D eigenvalue weighted by Crippen LogP contribution is -2.02. The van der Waals surface area contributed by atoms with E-state index in [1.165, 1.54) is 16.5 Å². The van der Waals surface area contributed by atoms with Crippen LogP contribution in [-0.2, 0) is 6.54 Å². The van der Waals surface area contributed by atoms with Gasteiger partial charge in [0.25, 0.3) is 0 Å². The van der Waals surface area contributed by atoms with E-state index in [0.29, 0.717) is 6.61 Å². The quantitative estimate of drug-likeness (QED) is 0.727. The number of ether oxygens (including phenoxy) is 1. The molecular formula is C17H18N2O. The van der Waals surface area contributed by atoms with Crippen LogP contribution >= 0.6 is 0 Å². The largest absolute Gasteiger partial charge is 0.492 e. The molecule has 1 heterocycles. The summed E-state index contributed by atoms with van der Waals surface area (Å²) in [7, 11) is 0. The fourth-order valence-corrected chi connectivity index (χ4v) is 2.36. The maximum Gasteiger partial charge on any atom is 0.142 e. The molecule has 3 aromatic rings. The van der Waals surface area contributed by atoms with Gasteiger partial charge in [-0.15, -0.1) is 0 Å². The molecule has 3 rings (SSSR count). The van der Waals surface area contributed by atoms with Gasteiger partial charge in [0.2, 0.25) is 0 Å². The number of aromatic nitrogens is 1. The van der Waals surface area contributed by atoms with E-state index in [2.05, 4.69) is 34.7 Å². The van der Waals surface area contributed by atoms with Crippen molar-refractivity contribution < 1.29 is 4.74 Å². The number of benzene rings is 2. The molecule has 20 heavy (non-hydrogen) atoms. The average Bonchev–Trinajstić information content (AvgIpc) is 2.90. The minimum absolute atomic E-state index is 0.672. The molecule has 0 amide bonds. The van der Waals surface area contributed by atoms with Crippen molar-refractivity contribution in [1.29, 1.82) is 0 Å². The number of fused-ring (bicyclic) bond motifs is 1. The van der Waals surface area contributed by atoms with Crippen LogP contribution in [0.15, 0.2) is 54.7 Å². The monoisotopic (exact) mass is 266 g/mol. The number of rotatable bonds is 5. The van der Waals surface area contributed by atoms with Gasteiger partial charge in [-0.2, -0.15) is 0 Å². The second kappa shape index (κ2) is 5.70. The van der Waals surface area contributed by atoms with Crippen molar-refractivity contribution >= 4 is 16.6 Å². The van der Waals surface area contributed by atoms with Crippen LogP contribution in [0.25, 0.3) is 10.9 Å². The predicted molar refractivity (Wildman–Crippen MR) is 83.2 cm³/mol.